The molecular formula is C20H27NO4. The van der Waals surface area contributed by atoms with E-state index in [-0.39, 0.29) is 11.5 Å². The van der Waals surface area contributed by atoms with Gasteiger partial charge in [-0.25, -0.2) is 4.79 Å². The molecule has 0 unspecified atom stereocenters. The maximum Gasteiger partial charge on any atom is 0.339 e. The van der Waals surface area contributed by atoms with Crippen LogP contribution in [0.15, 0.2) is 27.4 Å². The van der Waals surface area contributed by atoms with Gasteiger partial charge in [-0.3, -0.25) is 4.79 Å². The van der Waals surface area contributed by atoms with E-state index in [1.165, 1.54) is 12.8 Å². The van der Waals surface area contributed by atoms with Crippen molar-refractivity contribution in [1.82, 2.24) is 5.32 Å². The number of carbonyl (C=O) groups is 1. The lowest BCUT2D eigenvalue weighted by Gasteiger charge is -2.09. The largest absolute Gasteiger partial charge is 0.497 e. The average molecular weight is 345 g/mol. The molecule has 2 aromatic rings. The number of ether oxygens (including phenoxy) is 1. The van der Waals surface area contributed by atoms with Crippen LogP contribution in [0, 0.1) is 6.92 Å². The number of methoxy groups -OCH3 is 1. The van der Waals surface area contributed by atoms with Crippen molar-refractivity contribution in [2.24, 2.45) is 0 Å². The van der Waals surface area contributed by atoms with E-state index < -0.39 is 0 Å². The summed E-state index contributed by atoms with van der Waals surface area (Å²) >= 11 is 0. The van der Waals surface area contributed by atoms with Gasteiger partial charge in [-0.1, -0.05) is 26.2 Å². The van der Waals surface area contributed by atoms with Crippen molar-refractivity contribution >= 4 is 16.9 Å². The van der Waals surface area contributed by atoms with Gasteiger partial charge in [-0.2, -0.15) is 0 Å². The minimum Gasteiger partial charge on any atom is -0.497 e. The number of fused-ring (bicyclic) bond motifs is 1. The molecule has 0 saturated carbocycles. The smallest absolute Gasteiger partial charge is 0.339 e. The van der Waals surface area contributed by atoms with Crippen LogP contribution >= 0.6 is 0 Å². The number of unbranched alkanes of at least 4 members (excludes halogenated alkanes) is 3. The predicted octanol–water partition coefficient (Wildman–Crippen LogP) is 3.74. The van der Waals surface area contributed by atoms with Gasteiger partial charge in [-0.15, -0.1) is 0 Å². The molecule has 1 amide bonds. The van der Waals surface area contributed by atoms with Crippen LogP contribution in [-0.4, -0.2) is 19.6 Å². The van der Waals surface area contributed by atoms with Gasteiger partial charge >= 0.3 is 5.63 Å². The standard InChI is InChI=1S/C20H27NO4/c1-4-5-6-7-12-21-19(22)11-10-17-14(2)16-9-8-15(24-3)13-18(16)25-20(17)23/h8-9,13H,4-7,10-12H2,1-3H3,(H,21,22). The Bertz CT molecular complexity index is 779. The van der Waals surface area contributed by atoms with Crippen LogP contribution < -0.4 is 15.7 Å². The van der Waals surface area contributed by atoms with Crippen LogP contribution in [0.4, 0.5) is 0 Å². The summed E-state index contributed by atoms with van der Waals surface area (Å²) in [7, 11) is 1.57. The Morgan fingerprint density at radius 3 is 2.76 bits per heavy atom. The Morgan fingerprint density at radius 1 is 1.24 bits per heavy atom. The number of rotatable bonds is 9. The van der Waals surface area contributed by atoms with Crippen LogP contribution in [0.1, 0.15) is 50.2 Å². The van der Waals surface area contributed by atoms with Gasteiger partial charge in [-0.05, 0) is 37.5 Å². The number of hydrogen-bond donors (Lipinski definition) is 1. The Kier molecular flexibility index (Phi) is 7.04. The monoisotopic (exact) mass is 345 g/mol. The summed E-state index contributed by atoms with van der Waals surface area (Å²) in [6.45, 7) is 4.75. The summed E-state index contributed by atoms with van der Waals surface area (Å²) in [5, 5.41) is 3.79. The second-order valence-corrected chi connectivity index (χ2v) is 6.27. The molecule has 1 aromatic heterocycles. The lowest BCUT2D eigenvalue weighted by molar-refractivity contribution is -0.121. The lowest BCUT2D eigenvalue weighted by atomic mass is 10.0. The highest BCUT2D eigenvalue weighted by Crippen LogP contribution is 2.24. The first kappa shape index (κ1) is 19.0. The number of amides is 1. The van der Waals surface area contributed by atoms with Crippen LogP contribution in [-0.2, 0) is 11.2 Å². The van der Waals surface area contributed by atoms with Gasteiger partial charge in [0, 0.05) is 30.0 Å². The Morgan fingerprint density at radius 2 is 2.04 bits per heavy atom. The highest BCUT2D eigenvalue weighted by molar-refractivity contribution is 5.82. The molecule has 1 heterocycles. The van der Waals surface area contributed by atoms with Gasteiger partial charge in [0.2, 0.25) is 5.91 Å². The van der Waals surface area contributed by atoms with Crippen molar-refractivity contribution in [3.05, 3.63) is 39.7 Å². The van der Waals surface area contributed by atoms with Crippen molar-refractivity contribution in [1.29, 1.82) is 0 Å². The molecule has 136 valence electrons. The number of hydrogen-bond acceptors (Lipinski definition) is 4. The molecule has 0 bridgehead atoms. The summed E-state index contributed by atoms with van der Waals surface area (Å²) < 4.78 is 10.6. The van der Waals surface area contributed by atoms with Crippen LogP contribution in [0.25, 0.3) is 11.0 Å². The SMILES string of the molecule is CCCCCCNC(=O)CCc1c(C)c2ccc(OC)cc2oc1=O. The third kappa shape index (κ3) is 5.08. The maximum atomic E-state index is 12.3. The molecule has 5 nitrogen and oxygen atoms in total. The summed E-state index contributed by atoms with van der Waals surface area (Å²) in [6, 6.07) is 5.42. The molecule has 0 atom stereocenters. The molecule has 0 saturated heterocycles. The van der Waals surface area contributed by atoms with E-state index in [0.29, 0.717) is 36.3 Å². The molecule has 1 N–H and O–H groups in total. The highest BCUT2D eigenvalue weighted by atomic mass is 16.5. The number of aryl methyl sites for hydroxylation is 1. The summed E-state index contributed by atoms with van der Waals surface area (Å²) in [4.78, 5) is 24.2. The van der Waals surface area contributed by atoms with Gasteiger partial charge < -0.3 is 14.5 Å². The van der Waals surface area contributed by atoms with Crippen molar-refractivity contribution in [3.8, 4) is 5.75 Å². The first-order chi connectivity index (χ1) is 12.1. The van der Waals surface area contributed by atoms with E-state index in [1.54, 1.807) is 13.2 Å². The molecule has 5 heteroatoms. The van der Waals surface area contributed by atoms with E-state index >= 15 is 0 Å². The van der Waals surface area contributed by atoms with E-state index in [2.05, 4.69) is 12.2 Å². The zero-order valence-corrected chi connectivity index (χ0v) is 15.3. The zero-order valence-electron chi connectivity index (χ0n) is 15.3. The van der Waals surface area contributed by atoms with E-state index in [4.69, 9.17) is 9.15 Å². The summed E-state index contributed by atoms with van der Waals surface area (Å²) in [6.07, 6.45) is 5.18. The van der Waals surface area contributed by atoms with E-state index in [9.17, 15) is 9.59 Å². The highest BCUT2D eigenvalue weighted by Gasteiger charge is 2.13. The molecule has 0 aliphatic heterocycles. The molecule has 2 rings (SSSR count). The summed E-state index contributed by atoms with van der Waals surface area (Å²) in [5.74, 6) is 0.621. The lowest BCUT2D eigenvalue weighted by Crippen LogP contribution is -2.25. The maximum absolute atomic E-state index is 12.3. The Hall–Kier alpha value is -2.30. The van der Waals surface area contributed by atoms with Crippen LogP contribution in [0.3, 0.4) is 0 Å². The number of benzene rings is 1. The Labute approximate surface area is 148 Å². The fraction of sp³-hybridized carbons (Fsp3) is 0.500. The minimum absolute atomic E-state index is 0.0230. The molecule has 1 aromatic carbocycles. The Balaban J connectivity index is 2.01. The van der Waals surface area contributed by atoms with Crippen LogP contribution in [0.2, 0.25) is 0 Å². The molecule has 0 fully saturated rings. The van der Waals surface area contributed by atoms with Crippen molar-refractivity contribution in [3.63, 3.8) is 0 Å². The zero-order chi connectivity index (χ0) is 18.2. The normalized spacial score (nSPS) is 10.8. The van der Waals surface area contributed by atoms with Crippen molar-refractivity contribution < 1.29 is 13.9 Å². The molecule has 25 heavy (non-hydrogen) atoms. The molecule has 0 aliphatic carbocycles. The number of carbonyl (C=O) groups excluding carboxylic acids is 1. The third-order valence-corrected chi connectivity index (χ3v) is 4.45. The quantitative estimate of drug-likeness (QED) is 0.555. The minimum atomic E-state index is -0.381. The van der Waals surface area contributed by atoms with Crippen LogP contribution in [0.5, 0.6) is 5.75 Å². The van der Waals surface area contributed by atoms with E-state index in [0.717, 1.165) is 23.8 Å². The average Bonchev–Trinajstić information content (AvgIpc) is 2.60. The fourth-order valence-corrected chi connectivity index (χ4v) is 2.90. The van der Waals surface area contributed by atoms with Crippen molar-refractivity contribution in [2.45, 2.75) is 52.4 Å². The second-order valence-electron chi connectivity index (χ2n) is 6.27. The molecule has 0 aliphatic rings. The van der Waals surface area contributed by atoms with E-state index in [1.807, 2.05) is 19.1 Å². The topological polar surface area (TPSA) is 68.5 Å². The summed E-state index contributed by atoms with van der Waals surface area (Å²) in [5.41, 5.74) is 1.56. The predicted molar refractivity (Wildman–Crippen MR) is 99.2 cm³/mol. The molecular weight excluding hydrogens is 318 g/mol. The van der Waals surface area contributed by atoms with Gasteiger partial charge in [0.05, 0.1) is 7.11 Å². The number of nitrogens with one attached hydrogen (secondary N) is 1. The molecule has 0 spiro atoms. The first-order valence-electron chi connectivity index (χ1n) is 8.93. The van der Waals surface area contributed by atoms with Gasteiger partial charge in [0.25, 0.3) is 0 Å². The van der Waals surface area contributed by atoms with Crippen molar-refractivity contribution in [2.75, 3.05) is 13.7 Å². The second kappa shape index (κ2) is 9.25. The fourth-order valence-electron chi connectivity index (χ4n) is 2.90. The van der Waals surface area contributed by atoms with Gasteiger partial charge in [0.1, 0.15) is 11.3 Å². The first-order valence-corrected chi connectivity index (χ1v) is 8.93. The molecule has 0 radical (unpaired) electrons. The third-order valence-electron chi connectivity index (χ3n) is 4.45. The van der Waals surface area contributed by atoms with Gasteiger partial charge in [0.15, 0.2) is 0 Å².